The number of likely N-dealkylation sites (N-methyl/N-ethyl adjacent to an activating group) is 1. The van der Waals surface area contributed by atoms with E-state index in [1.165, 1.54) is 18.2 Å². The molecule has 1 N–H and O–H groups in total. The van der Waals surface area contributed by atoms with Crippen molar-refractivity contribution in [1.29, 1.82) is 0 Å². The van der Waals surface area contributed by atoms with Crippen LogP contribution in [0, 0.1) is 0 Å². The van der Waals surface area contributed by atoms with Gasteiger partial charge in [-0.05, 0) is 43.8 Å². The SMILES string of the molecule is CC(C(=O)Nc1ccccc1C(F)(F)F)N(C)Cc1ccc2c(c1)OCO2. The van der Waals surface area contributed by atoms with Crippen molar-refractivity contribution in [2.75, 3.05) is 19.2 Å². The van der Waals surface area contributed by atoms with E-state index < -0.39 is 23.7 Å². The highest BCUT2D eigenvalue weighted by atomic mass is 19.4. The number of carbonyl (C=O) groups excluding carboxylic acids is 1. The molecule has 1 amide bonds. The predicted molar refractivity (Wildman–Crippen MR) is 93.6 cm³/mol. The summed E-state index contributed by atoms with van der Waals surface area (Å²) in [5, 5.41) is 2.38. The average molecular weight is 380 g/mol. The Morgan fingerprint density at radius 2 is 1.89 bits per heavy atom. The monoisotopic (exact) mass is 380 g/mol. The largest absolute Gasteiger partial charge is 0.454 e. The van der Waals surface area contributed by atoms with Gasteiger partial charge in [0.2, 0.25) is 12.7 Å². The van der Waals surface area contributed by atoms with Gasteiger partial charge in [0.1, 0.15) is 0 Å². The summed E-state index contributed by atoms with van der Waals surface area (Å²) in [4.78, 5) is 14.2. The smallest absolute Gasteiger partial charge is 0.418 e. The number of carbonyl (C=O) groups is 1. The fourth-order valence-corrected chi connectivity index (χ4v) is 2.74. The fourth-order valence-electron chi connectivity index (χ4n) is 2.74. The van der Waals surface area contributed by atoms with E-state index >= 15 is 0 Å². The summed E-state index contributed by atoms with van der Waals surface area (Å²) in [6.07, 6.45) is -4.54. The number of hydrogen-bond donors (Lipinski definition) is 1. The van der Waals surface area contributed by atoms with Crippen molar-refractivity contribution in [3.05, 3.63) is 53.6 Å². The molecule has 0 aliphatic carbocycles. The molecule has 2 aromatic rings. The number of ether oxygens (including phenoxy) is 2. The van der Waals surface area contributed by atoms with Crippen molar-refractivity contribution in [2.24, 2.45) is 0 Å². The molecule has 0 saturated carbocycles. The number of para-hydroxylation sites is 1. The first-order valence-electron chi connectivity index (χ1n) is 8.31. The number of rotatable bonds is 5. The molecular weight excluding hydrogens is 361 g/mol. The summed E-state index contributed by atoms with van der Waals surface area (Å²) < 4.78 is 49.8. The van der Waals surface area contributed by atoms with Gasteiger partial charge in [-0.25, -0.2) is 0 Å². The molecule has 0 saturated heterocycles. The summed E-state index contributed by atoms with van der Waals surface area (Å²) >= 11 is 0. The highest BCUT2D eigenvalue weighted by Gasteiger charge is 2.34. The Labute approximate surface area is 154 Å². The van der Waals surface area contributed by atoms with Crippen molar-refractivity contribution >= 4 is 11.6 Å². The zero-order valence-electron chi connectivity index (χ0n) is 14.8. The lowest BCUT2D eigenvalue weighted by Crippen LogP contribution is -2.39. The van der Waals surface area contributed by atoms with E-state index in [1.807, 2.05) is 12.1 Å². The molecule has 0 aromatic heterocycles. The first kappa shape index (κ1) is 19.0. The molecule has 27 heavy (non-hydrogen) atoms. The standard InChI is InChI=1S/C19H19F3N2O3/c1-12(18(25)23-15-6-4-3-5-14(15)19(20,21)22)24(2)10-13-7-8-16-17(9-13)27-11-26-16/h3-9,12H,10-11H2,1-2H3,(H,23,25). The molecule has 5 nitrogen and oxygen atoms in total. The average Bonchev–Trinajstić information content (AvgIpc) is 3.08. The van der Waals surface area contributed by atoms with Crippen LogP contribution in [0.4, 0.5) is 18.9 Å². The van der Waals surface area contributed by atoms with Crippen molar-refractivity contribution < 1.29 is 27.4 Å². The minimum Gasteiger partial charge on any atom is -0.454 e. The van der Waals surface area contributed by atoms with Crippen LogP contribution in [0.15, 0.2) is 42.5 Å². The molecule has 1 unspecified atom stereocenters. The zero-order valence-corrected chi connectivity index (χ0v) is 14.8. The van der Waals surface area contributed by atoms with Gasteiger partial charge in [0, 0.05) is 6.54 Å². The van der Waals surface area contributed by atoms with Crippen molar-refractivity contribution in [3.8, 4) is 11.5 Å². The van der Waals surface area contributed by atoms with E-state index in [2.05, 4.69) is 5.32 Å². The van der Waals surface area contributed by atoms with Crippen LogP contribution in [0.1, 0.15) is 18.1 Å². The maximum atomic E-state index is 13.1. The van der Waals surface area contributed by atoms with E-state index in [-0.39, 0.29) is 12.5 Å². The van der Waals surface area contributed by atoms with Gasteiger partial charge in [-0.15, -0.1) is 0 Å². The first-order chi connectivity index (χ1) is 12.8. The second-order valence-corrected chi connectivity index (χ2v) is 6.31. The van der Waals surface area contributed by atoms with Crippen LogP contribution in [0.3, 0.4) is 0 Å². The summed E-state index contributed by atoms with van der Waals surface area (Å²) in [7, 11) is 1.73. The summed E-state index contributed by atoms with van der Waals surface area (Å²) in [6, 6.07) is 9.74. The Balaban J connectivity index is 1.67. The normalized spacial score (nSPS) is 14.3. The zero-order chi connectivity index (χ0) is 19.6. The van der Waals surface area contributed by atoms with Crippen molar-refractivity contribution in [1.82, 2.24) is 4.90 Å². The van der Waals surface area contributed by atoms with Crippen LogP contribution in [0.2, 0.25) is 0 Å². The summed E-state index contributed by atoms with van der Waals surface area (Å²) in [6.45, 7) is 2.23. The topological polar surface area (TPSA) is 50.8 Å². The number of nitrogens with one attached hydrogen (secondary N) is 1. The number of alkyl halides is 3. The molecule has 0 bridgehead atoms. The van der Waals surface area contributed by atoms with E-state index in [9.17, 15) is 18.0 Å². The third kappa shape index (κ3) is 4.33. The molecule has 1 heterocycles. The lowest BCUT2D eigenvalue weighted by Gasteiger charge is -2.24. The minimum absolute atomic E-state index is 0.173. The van der Waals surface area contributed by atoms with E-state index in [4.69, 9.17) is 9.47 Å². The molecule has 1 aliphatic heterocycles. The Morgan fingerprint density at radius 1 is 1.19 bits per heavy atom. The maximum absolute atomic E-state index is 13.1. The van der Waals surface area contributed by atoms with Crippen LogP contribution in [0.25, 0.3) is 0 Å². The number of anilines is 1. The molecule has 1 aliphatic rings. The number of fused-ring (bicyclic) bond motifs is 1. The lowest BCUT2D eigenvalue weighted by atomic mass is 10.1. The lowest BCUT2D eigenvalue weighted by molar-refractivity contribution is -0.137. The number of amides is 1. The van der Waals surface area contributed by atoms with Gasteiger partial charge >= 0.3 is 6.18 Å². The molecule has 0 spiro atoms. The van der Waals surface area contributed by atoms with Crippen molar-refractivity contribution in [2.45, 2.75) is 25.7 Å². The molecule has 2 aromatic carbocycles. The molecule has 144 valence electrons. The highest BCUT2D eigenvalue weighted by Crippen LogP contribution is 2.35. The fraction of sp³-hybridized carbons (Fsp3) is 0.316. The van der Waals surface area contributed by atoms with E-state index in [0.717, 1.165) is 11.6 Å². The molecule has 0 radical (unpaired) electrons. The number of benzene rings is 2. The summed E-state index contributed by atoms with van der Waals surface area (Å²) in [5.74, 6) is 0.781. The third-order valence-corrected chi connectivity index (χ3v) is 4.40. The van der Waals surface area contributed by atoms with Crippen LogP contribution in [0.5, 0.6) is 11.5 Å². The first-order valence-corrected chi connectivity index (χ1v) is 8.31. The molecule has 3 rings (SSSR count). The van der Waals surface area contributed by atoms with E-state index in [1.54, 1.807) is 24.9 Å². The van der Waals surface area contributed by atoms with Crippen LogP contribution in [-0.2, 0) is 17.5 Å². The van der Waals surface area contributed by atoms with Gasteiger partial charge in [-0.1, -0.05) is 18.2 Å². The maximum Gasteiger partial charge on any atom is 0.418 e. The van der Waals surface area contributed by atoms with Gasteiger partial charge < -0.3 is 14.8 Å². The minimum atomic E-state index is -4.54. The quantitative estimate of drug-likeness (QED) is 0.855. The van der Waals surface area contributed by atoms with Gasteiger partial charge in [0.15, 0.2) is 11.5 Å². The Bertz CT molecular complexity index is 839. The van der Waals surface area contributed by atoms with Gasteiger partial charge in [-0.3, -0.25) is 9.69 Å². The third-order valence-electron chi connectivity index (χ3n) is 4.40. The van der Waals surface area contributed by atoms with E-state index in [0.29, 0.717) is 18.0 Å². The van der Waals surface area contributed by atoms with Crippen molar-refractivity contribution in [3.63, 3.8) is 0 Å². The van der Waals surface area contributed by atoms with Gasteiger partial charge in [-0.2, -0.15) is 13.2 Å². The second-order valence-electron chi connectivity index (χ2n) is 6.31. The number of hydrogen-bond acceptors (Lipinski definition) is 4. The summed E-state index contributed by atoms with van der Waals surface area (Å²) in [5.41, 5.74) is -0.223. The predicted octanol–water partition coefficient (Wildman–Crippen LogP) is 3.89. The van der Waals surface area contributed by atoms with Crippen LogP contribution >= 0.6 is 0 Å². The molecule has 1 atom stereocenters. The Hall–Kier alpha value is -2.74. The Morgan fingerprint density at radius 3 is 2.63 bits per heavy atom. The second kappa shape index (κ2) is 7.48. The molecular formula is C19H19F3N2O3. The molecule has 8 heteroatoms. The number of halogens is 3. The van der Waals surface area contributed by atoms with Crippen LogP contribution in [-0.4, -0.2) is 30.7 Å². The Kier molecular flexibility index (Phi) is 5.27. The number of nitrogens with zero attached hydrogens (tertiary/aromatic N) is 1. The van der Waals surface area contributed by atoms with Gasteiger partial charge in [0.05, 0.1) is 17.3 Å². The highest BCUT2D eigenvalue weighted by molar-refractivity contribution is 5.95. The van der Waals surface area contributed by atoms with Crippen LogP contribution < -0.4 is 14.8 Å². The van der Waals surface area contributed by atoms with Gasteiger partial charge in [0.25, 0.3) is 0 Å². The molecule has 0 fully saturated rings.